The summed E-state index contributed by atoms with van der Waals surface area (Å²) in [5.41, 5.74) is 1.08. The Labute approximate surface area is 105 Å². The van der Waals surface area contributed by atoms with E-state index in [0.29, 0.717) is 6.54 Å². The van der Waals surface area contributed by atoms with Crippen molar-refractivity contribution in [1.29, 1.82) is 0 Å². The number of benzene rings is 1. The third-order valence-corrected chi connectivity index (χ3v) is 2.78. The second-order valence-corrected chi connectivity index (χ2v) is 4.12. The number of rotatable bonds is 4. The number of nitrogens with one attached hydrogen (secondary N) is 1. The first-order valence-electron chi connectivity index (χ1n) is 5.85. The second kappa shape index (κ2) is 5.31. The number of furan rings is 1. The molecule has 0 aliphatic rings. The van der Waals surface area contributed by atoms with E-state index >= 15 is 0 Å². The summed E-state index contributed by atoms with van der Waals surface area (Å²) in [6.07, 6.45) is 1.56. The maximum Gasteiger partial charge on any atom is 0.163 e. The van der Waals surface area contributed by atoms with E-state index in [0.717, 1.165) is 17.4 Å². The molecule has 1 unspecified atom stereocenters. The summed E-state index contributed by atoms with van der Waals surface area (Å²) in [4.78, 5) is 0. The van der Waals surface area contributed by atoms with Gasteiger partial charge in [-0.3, -0.25) is 0 Å². The van der Waals surface area contributed by atoms with Gasteiger partial charge in [-0.05, 0) is 25.6 Å². The molecule has 0 saturated heterocycles. The van der Waals surface area contributed by atoms with Gasteiger partial charge in [-0.25, -0.2) is 8.78 Å². The van der Waals surface area contributed by atoms with E-state index < -0.39 is 17.7 Å². The minimum Gasteiger partial charge on any atom is -0.469 e. The molecule has 0 saturated carbocycles. The van der Waals surface area contributed by atoms with E-state index in [-0.39, 0.29) is 5.56 Å². The zero-order valence-electron chi connectivity index (χ0n) is 10.3. The molecule has 0 radical (unpaired) electrons. The highest BCUT2D eigenvalue weighted by molar-refractivity contribution is 5.32. The summed E-state index contributed by atoms with van der Waals surface area (Å²) in [5.74, 6) is -0.914. The first-order valence-corrected chi connectivity index (χ1v) is 5.85. The fraction of sp³-hybridized carbons (Fsp3) is 0.286. The quantitative estimate of drug-likeness (QED) is 0.898. The van der Waals surface area contributed by atoms with Gasteiger partial charge in [0, 0.05) is 11.1 Å². The van der Waals surface area contributed by atoms with Crippen molar-refractivity contribution in [2.24, 2.45) is 0 Å². The van der Waals surface area contributed by atoms with Crippen LogP contribution in [0.15, 0.2) is 34.9 Å². The fourth-order valence-electron chi connectivity index (χ4n) is 1.97. The van der Waals surface area contributed by atoms with Crippen LogP contribution in [0.5, 0.6) is 0 Å². The molecule has 2 nitrogen and oxygen atoms in total. The Morgan fingerprint density at radius 2 is 2.11 bits per heavy atom. The van der Waals surface area contributed by atoms with Crippen LogP contribution < -0.4 is 5.32 Å². The maximum atomic E-state index is 13.8. The zero-order valence-corrected chi connectivity index (χ0v) is 10.3. The topological polar surface area (TPSA) is 25.2 Å². The Bertz CT molecular complexity index is 536. The van der Waals surface area contributed by atoms with Gasteiger partial charge in [0.25, 0.3) is 0 Å². The van der Waals surface area contributed by atoms with Gasteiger partial charge in [0.15, 0.2) is 11.6 Å². The molecule has 0 amide bonds. The van der Waals surface area contributed by atoms with Crippen molar-refractivity contribution in [1.82, 2.24) is 5.32 Å². The Balaban J connectivity index is 2.44. The SMILES string of the molecule is CCNC(c1coc(C)c1)c1cccc(F)c1F. The fourth-order valence-corrected chi connectivity index (χ4v) is 1.97. The molecule has 18 heavy (non-hydrogen) atoms. The monoisotopic (exact) mass is 251 g/mol. The van der Waals surface area contributed by atoms with Gasteiger partial charge < -0.3 is 9.73 Å². The van der Waals surface area contributed by atoms with Crippen molar-refractivity contribution in [3.05, 3.63) is 59.1 Å². The highest BCUT2D eigenvalue weighted by Gasteiger charge is 2.20. The standard InChI is InChI=1S/C14H15F2NO/c1-3-17-14(10-7-9(2)18-8-10)11-5-4-6-12(15)13(11)16/h4-8,14,17H,3H2,1-2H3. The minimum absolute atomic E-state index is 0.289. The predicted octanol–water partition coefficient (Wildman–Crippen LogP) is 3.57. The normalized spacial score (nSPS) is 12.7. The van der Waals surface area contributed by atoms with Crippen LogP contribution in [-0.4, -0.2) is 6.54 Å². The lowest BCUT2D eigenvalue weighted by atomic mass is 10.00. The number of hydrogen-bond acceptors (Lipinski definition) is 2. The van der Waals surface area contributed by atoms with Gasteiger partial charge in [-0.2, -0.15) is 0 Å². The van der Waals surface area contributed by atoms with Crippen LogP contribution in [0, 0.1) is 18.6 Å². The largest absolute Gasteiger partial charge is 0.469 e. The van der Waals surface area contributed by atoms with Crippen molar-refractivity contribution in [2.45, 2.75) is 19.9 Å². The summed E-state index contributed by atoms with van der Waals surface area (Å²) < 4.78 is 32.3. The molecule has 0 aliphatic heterocycles. The second-order valence-electron chi connectivity index (χ2n) is 4.12. The van der Waals surface area contributed by atoms with Crippen LogP contribution in [0.1, 0.15) is 29.9 Å². The molecule has 1 N–H and O–H groups in total. The Morgan fingerprint density at radius 1 is 1.33 bits per heavy atom. The van der Waals surface area contributed by atoms with Crippen LogP contribution in [0.3, 0.4) is 0 Å². The van der Waals surface area contributed by atoms with Crippen LogP contribution in [-0.2, 0) is 0 Å². The highest BCUT2D eigenvalue weighted by Crippen LogP contribution is 2.26. The molecule has 2 rings (SSSR count). The lowest BCUT2D eigenvalue weighted by molar-refractivity contribution is 0.480. The van der Waals surface area contributed by atoms with Crippen LogP contribution in [0.4, 0.5) is 8.78 Å². The number of halogens is 2. The van der Waals surface area contributed by atoms with Crippen molar-refractivity contribution >= 4 is 0 Å². The summed E-state index contributed by atoms with van der Waals surface area (Å²) in [6, 6.07) is 5.61. The summed E-state index contributed by atoms with van der Waals surface area (Å²) >= 11 is 0. The van der Waals surface area contributed by atoms with Gasteiger partial charge >= 0.3 is 0 Å². The van der Waals surface area contributed by atoms with Gasteiger partial charge in [-0.15, -0.1) is 0 Å². The van der Waals surface area contributed by atoms with Gasteiger partial charge in [-0.1, -0.05) is 19.1 Å². The Hall–Kier alpha value is -1.68. The molecule has 0 fully saturated rings. The molecule has 1 aromatic carbocycles. The smallest absolute Gasteiger partial charge is 0.163 e. The van der Waals surface area contributed by atoms with E-state index in [1.807, 2.05) is 19.9 Å². The van der Waals surface area contributed by atoms with Crippen molar-refractivity contribution in [3.8, 4) is 0 Å². The first kappa shape index (κ1) is 12.8. The molecule has 1 heterocycles. The number of hydrogen-bond donors (Lipinski definition) is 1. The van der Waals surface area contributed by atoms with Crippen LogP contribution >= 0.6 is 0 Å². The maximum absolute atomic E-state index is 13.8. The van der Waals surface area contributed by atoms with Crippen molar-refractivity contribution < 1.29 is 13.2 Å². The van der Waals surface area contributed by atoms with Gasteiger partial charge in [0.2, 0.25) is 0 Å². The Kier molecular flexibility index (Phi) is 3.77. The van der Waals surface area contributed by atoms with Crippen molar-refractivity contribution in [3.63, 3.8) is 0 Å². The van der Waals surface area contributed by atoms with Crippen LogP contribution in [0.25, 0.3) is 0 Å². The average Bonchev–Trinajstić information content (AvgIpc) is 2.77. The molecular formula is C14H15F2NO. The molecule has 0 bridgehead atoms. The minimum atomic E-state index is -0.837. The third kappa shape index (κ3) is 2.43. The first-order chi connectivity index (χ1) is 8.63. The molecule has 4 heteroatoms. The van der Waals surface area contributed by atoms with Gasteiger partial charge in [0.05, 0.1) is 12.3 Å². The predicted molar refractivity (Wildman–Crippen MR) is 65.3 cm³/mol. The molecular weight excluding hydrogens is 236 g/mol. The van der Waals surface area contributed by atoms with E-state index in [1.165, 1.54) is 6.07 Å². The number of aryl methyl sites for hydroxylation is 1. The Morgan fingerprint density at radius 3 is 2.72 bits per heavy atom. The molecule has 0 spiro atoms. The lowest BCUT2D eigenvalue weighted by Crippen LogP contribution is -2.22. The molecule has 1 atom stereocenters. The zero-order chi connectivity index (χ0) is 13.1. The van der Waals surface area contributed by atoms with Gasteiger partial charge in [0.1, 0.15) is 5.76 Å². The van der Waals surface area contributed by atoms with E-state index in [4.69, 9.17) is 4.42 Å². The summed E-state index contributed by atoms with van der Waals surface area (Å²) in [7, 11) is 0. The molecule has 2 aromatic rings. The molecule has 1 aromatic heterocycles. The third-order valence-electron chi connectivity index (χ3n) is 2.78. The lowest BCUT2D eigenvalue weighted by Gasteiger charge is -2.17. The van der Waals surface area contributed by atoms with E-state index in [1.54, 1.807) is 12.3 Å². The summed E-state index contributed by atoms with van der Waals surface area (Å²) in [5, 5.41) is 3.13. The average molecular weight is 251 g/mol. The summed E-state index contributed by atoms with van der Waals surface area (Å²) in [6.45, 7) is 4.37. The van der Waals surface area contributed by atoms with E-state index in [9.17, 15) is 8.78 Å². The van der Waals surface area contributed by atoms with Crippen molar-refractivity contribution in [2.75, 3.05) is 6.54 Å². The van der Waals surface area contributed by atoms with Crippen LogP contribution in [0.2, 0.25) is 0 Å². The molecule has 0 aliphatic carbocycles. The van der Waals surface area contributed by atoms with E-state index in [2.05, 4.69) is 5.32 Å². The highest BCUT2D eigenvalue weighted by atomic mass is 19.2. The molecule has 96 valence electrons.